The highest BCUT2D eigenvalue weighted by Gasteiger charge is 2.39. The van der Waals surface area contributed by atoms with Crippen LogP contribution < -0.4 is 0 Å². The van der Waals surface area contributed by atoms with E-state index in [4.69, 9.17) is 0 Å². The van der Waals surface area contributed by atoms with Crippen LogP contribution in [-0.4, -0.2) is 59.6 Å². The van der Waals surface area contributed by atoms with Crippen LogP contribution in [0.3, 0.4) is 0 Å². The summed E-state index contributed by atoms with van der Waals surface area (Å²) < 4.78 is 37.0. The number of hydrogen-bond acceptors (Lipinski definition) is 2. The molecule has 1 unspecified atom stereocenters. The predicted octanol–water partition coefficient (Wildman–Crippen LogP) is 2.09. The summed E-state index contributed by atoms with van der Waals surface area (Å²) in [6, 6.07) is 0.726. The Morgan fingerprint density at radius 2 is 1.69 bits per heavy atom. The molecule has 0 N–H and O–H groups in total. The van der Waals surface area contributed by atoms with Gasteiger partial charge in [0.25, 0.3) is 0 Å². The van der Waals surface area contributed by atoms with E-state index < -0.39 is 11.0 Å². The van der Waals surface area contributed by atoms with Gasteiger partial charge >= 0.3 is 6.18 Å². The Morgan fingerprint density at radius 3 is 2.12 bits per heavy atom. The Morgan fingerprint density at radius 1 is 1.12 bits per heavy atom. The molecule has 0 aromatic carbocycles. The van der Waals surface area contributed by atoms with Gasteiger partial charge in [0, 0.05) is 38.8 Å². The summed E-state index contributed by atoms with van der Waals surface area (Å²) in [5.41, 5.74) is 0. The van der Waals surface area contributed by atoms with E-state index >= 15 is 0 Å². The summed E-state index contributed by atoms with van der Waals surface area (Å²) in [7, 11) is 0. The molecule has 16 heavy (non-hydrogen) atoms. The zero-order chi connectivity index (χ0) is 11.8. The Labute approximate surface area is 102 Å². The fourth-order valence-electron chi connectivity index (χ4n) is 2.08. The maximum absolute atomic E-state index is 12.3. The van der Waals surface area contributed by atoms with Crippen LogP contribution in [0.4, 0.5) is 13.2 Å². The summed E-state index contributed by atoms with van der Waals surface area (Å²) in [5.74, 6) is 0. The van der Waals surface area contributed by atoms with Crippen molar-refractivity contribution in [3.8, 4) is 0 Å². The van der Waals surface area contributed by atoms with E-state index in [0.29, 0.717) is 0 Å². The largest absolute Gasteiger partial charge is 0.402 e. The van der Waals surface area contributed by atoms with Crippen LogP contribution in [0, 0.1) is 0 Å². The summed E-state index contributed by atoms with van der Waals surface area (Å²) in [5, 5.41) is 0. The van der Waals surface area contributed by atoms with Gasteiger partial charge in [-0.3, -0.25) is 9.80 Å². The molecule has 1 aliphatic carbocycles. The molecule has 1 heterocycles. The molecule has 2 fully saturated rings. The van der Waals surface area contributed by atoms with Crippen molar-refractivity contribution in [2.24, 2.45) is 0 Å². The van der Waals surface area contributed by atoms with Crippen molar-refractivity contribution in [1.29, 1.82) is 0 Å². The average Bonchev–Trinajstić information content (AvgIpc) is 3.01. The number of nitrogens with zero attached hydrogens (tertiary/aromatic N) is 2. The van der Waals surface area contributed by atoms with Crippen LogP contribution in [0.2, 0.25) is 0 Å². The minimum absolute atomic E-state index is 0.0714. The molecule has 94 valence electrons. The maximum Gasteiger partial charge on any atom is 0.402 e. The molecular weight excluding hydrogens is 285 g/mol. The molecule has 0 radical (unpaired) electrons. The molecule has 0 amide bonds. The van der Waals surface area contributed by atoms with Gasteiger partial charge in [0.1, 0.15) is 4.83 Å². The monoisotopic (exact) mass is 300 g/mol. The second kappa shape index (κ2) is 4.82. The van der Waals surface area contributed by atoms with Crippen LogP contribution in [0.5, 0.6) is 0 Å². The number of rotatable bonds is 3. The first-order valence-electron chi connectivity index (χ1n) is 5.64. The summed E-state index contributed by atoms with van der Waals surface area (Å²) in [6.07, 6.45) is -1.60. The lowest BCUT2D eigenvalue weighted by atomic mass is 10.3. The smallest absolute Gasteiger partial charge is 0.299 e. The Hall–Kier alpha value is 0.190. The SMILES string of the molecule is FC(F)(F)C(Br)CN1CCN(C2CC2)CC1. The maximum atomic E-state index is 12.3. The lowest BCUT2D eigenvalue weighted by Crippen LogP contribution is -2.50. The van der Waals surface area contributed by atoms with Crippen LogP contribution in [0.1, 0.15) is 12.8 Å². The van der Waals surface area contributed by atoms with Crippen molar-refractivity contribution in [3.05, 3.63) is 0 Å². The number of piperazine rings is 1. The molecule has 1 saturated heterocycles. The quantitative estimate of drug-likeness (QED) is 0.737. The molecule has 1 atom stereocenters. The third-order valence-corrected chi connectivity index (χ3v) is 4.05. The van der Waals surface area contributed by atoms with E-state index in [0.717, 1.165) is 32.2 Å². The third-order valence-electron chi connectivity index (χ3n) is 3.24. The van der Waals surface area contributed by atoms with Crippen molar-refractivity contribution in [2.75, 3.05) is 32.7 Å². The summed E-state index contributed by atoms with van der Waals surface area (Å²) in [4.78, 5) is 2.89. The van der Waals surface area contributed by atoms with Crippen LogP contribution >= 0.6 is 15.9 Å². The van der Waals surface area contributed by atoms with Gasteiger partial charge in [-0.25, -0.2) is 0 Å². The van der Waals surface area contributed by atoms with Gasteiger partial charge in [0.15, 0.2) is 0 Å². The number of halogens is 4. The van der Waals surface area contributed by atoms with Crippen LogP contribution in [0.25, 0.3) is 0 Å². The van der Waals surface area contributed by atoms with Gasteiger partial charge in [0.2, 0.25) is 0 Å². The Kier molecular flexibility index (Phi) is 3.81. The molecule has 0 aromatic rings. The molecule has 1 aliphatic heterocycles. The first kappa shape index (κ1) is 12.6. The fraction of sp³-hybridized carbons (Fsp3) is 1.00. The Bertz CT molecular complexity index is 235. The van der Waals surface area contributed by atoms with E-state index in [2.05, 4.69) is 20.8 Å². The minimum Gasteiger partial charge on any atom is -0.299 e. The van der Waals surface area contributed by atoms with Crippen molar-refractivity contribution in [2.45, 2.75) is 29.9 Å². The standard InChI is InChI=1S/C10H16BrF3N2/c11-9(10(12,13)14)7-15-3-5-16(6-4-15)8-1-2-8/h8-9H,1-7H2. The van der Waals surface area contributed by atoms with Gasteiger partial charge in [0.05, 0.1) is 0 Å². The zero-order valence-electron chi connectivity index (χ0n) is 9.01. The normalized spacial score (nSPS) is 27.0. The highest BCUT2D eigenvalue weighted by atomic mass is 79.9. The van der Waals surface area contributed by atoms with E-state index in [1.807, 2.05) is 4.90 Å². The van der Waals surface area contributed by atoms with Gasteiger partial charge < -0.3 is 0 Å². The van der Waals surface area contributed by atoms with Gasteiger partial charge in [-0.2, -0.15) is 13.2 Å². The van der Waals surface area contributed by atoms with E-state index in [1.165, 1.54) is 12.8 Å². The Balaban J connectivity index is 1.72. The second-order valence-electron chi connectivity index (χ2n) is 4.58. The summed E-state index contributed by atoms with van der Waals surface area (Å²) >= 11 is 2.71. The second-order valence-corrected chi connectivity index (χ2v) is 5.68. The van der Waals surface area contributed by atoms with Crippen molar-refractivity contribution in [1.82, 2.24) is 9.80 Å². The van der Waals surface area contributed by atoms with Gasteiger partial charge in [-0.15, -0.1) is 0 Å². The lowest BCUT2D eigenvalue weighted by Gasteiger charge is -2.35. The fourth-order valence-corrected chi connectivity index (χ4v) is 2.49. The molecule has 0 bridgehead atoms. The minimum atomic E-state index is -4.13. The molecule has 6 heteroatoms. The molecular formula is C10H16BrF3N2. The van der Waals surface area contributed by atoms with Gasteiger partial charge in [-0.05, 0) is 12.8 Å². The summed E-state index contributed by atoms with van der Waals surface area (Å²) in [6.45, 7) is 3.43. The predicted molar refractivity (Wildman–Crippen MR) is 59.8 cm³/mol. The van der Waals surface area contributed by atoms with E-state index in [-0.39, 0.29) is 6.54 Å². The molecule has 0 aromatic heterocycles. The van der Waals surface area contributed by atoms with E-state index in [1.54, 1.807) is 0 Å². The van der Waals surface area contributed by atoms with E-state index in [9.17, 15) is 13.2 Å². The molecule has 0 spiro atoms. The van der Waals surface area contributed by atoms with Crippen molar-refractivity contribution in [3.63, 3.8) is 0 Å². The highest BCUT2D eigenvalue weighted by Crippen LogP contribution is 2.29. The van der Waals surface area contributed by atoms with Crippen molar-refractivity contribution >= 4 is 15.9 Å². The van der Waals surface area contributed by atoms with Crippen molar-refractivity contribution < 1.29 is 13.2 Å². The first-order chi connectivity index (χ1) is 7.47. The highest BCUT2D eigenvalue weighted by molar-refractivity contribution is 9.09. The topological polar surface area (TPSA) is 6.48 Å². The van der Waals surface area contributed by atoms with Crippen LogP contribution in [0.15, 0.2) is 0 Å². The average molecular weight is 301 g/mol. The third kappa shape index (κ3) is 3.34. The van der Waals surface area contributed by atoms with Crippen LogP contribution in [-0.2, 0) is 0 Å². The molecule has 2 aliphatic rings. The first-order valence-corrected chi connectivity index (χ1v) is 6.55. The number of alkyl halides is 4. The number of hydrogen-bond donors (Lipinski definition) is 0. The zero-order valence-corrected chi connectivity index (χ0v) is 10.6. The van der Waals surface area contributed by atoms with Gasteiger partial charge in [-0.1, -0.05) is 15.9 Å². The molecule has 2 rings (SSSR count). The molecule has 2 nitrogen and oxygen atoms in total. The lowest BCUT2D eigenvalue weighted by molar-refractivity contribution is -0.131. The molecule has 1 saturated carbocycles.